The maximum atomic E-state index is 11.7. The Morgan fingerprint density at radius 3 is 3.00 bits per heavy atom. The van der Waals surface area contributed by atoms with Crippen molar-refractivity contribution in [2.75, 3.05) is 17.7 Å². The van der Waals surface area contributed by atoms with Crippen LogP contribution >= 0.6 is 0 Å². The summed E-state index contributed by atoms with van der Waals surface area (Å²) in [5.74, 6) is 0.724. The Morgan fingerprint density at radius 1 is 1.45 bits per heavy atom. The van der Waals surface area contributed by atoms with E-state index >= 15 is 0 Å². The monoisotopic (exact) mass is 274 g/mol. The zero-order valence-electron chi connectivity index (χ0n) is 11.3. The number of ether oxygens (including phenoxy) is 1. The number of nitrogens with zero attached hydrogens (tertiary/aromatic N) is 1. The number of hydrogen-bond acceptors (Lipinski definition) is 4. The Bertz CT molecular complexity index is 580. The third-order valence-electron chi connectivity index (χ3n) is 2.70. The second kappa shape index (κ2) is 6.60. The van der Waals surface area contributed by atoms with Gasteiger partial charge in [0.2, 0.25) is 0 Å². The highest BCUT2D eigenvalue weighted by Crippen LogP contribution is 2.19. The number of para-hydroxylation sites is 2. The van der Waals surface area contributed by atoms with Gasteiger partial charge in [-0.3, -0.25) is 9.89 Å². The molecule has 20 heavy (non-hydrogen) atoms. The summed E-state index contributed by atoms with van der Waals surface area (Å²) >= 11 is 0. The Kier molecular flexibility index (Phi) is 4.60. The highest BCUT2D eigenvalue weighted by atomic mass is 16.5. The molecule has 6 heteroatoms. The third kappa shape index (κ3) is 3.74. The van der Waals surface area contributed by atoms with Gasteiger partial charge in [-0.1, -0.05) is 25.5 Å². The predicted molar refractivity (Wildman–Crippen MR) is 77.6 cm³/mol. The molecule has 0 bridgehead atoms. The van der Waals surface area contributed by atoms with E-state index in [0.29, 0.717) is 17.3 Å². The third-order valence-corrected chi connectivity index (χ3v) is 2.70. The van der Waals surface area contributed by atoms with Gasteiger partial charge in [-0.2, -0.15) is 5.10 Å². The van der Waals surface area contributed by atoms with E-state index in [9.17, 15) is 4.79 Å². The van der Waals surface area contributed by atoms with E-state index in [1.54, 1.807) is 24.3 Å². The molecular formula is C14H18N4O2. The molecule has 0 aliphatic rings. The topological polar surface area (TPSA) is 93.0 Å². The van der Waals surface area contributed by atoms with Crippen LogP contribution < -0.4 is 15.8 Å². The summed E-state index contributed by atoms with van der Waals surface area (Å²) < 4.78 is 5.35. The van der Waals surface area contributed by atoms with Crippen molar-refractivity contribution in [3.8, 4) is 5.75 Å². The smallest absolute Gasteiger partial charge is 0.263 e. The highest BCUT2D eigenvalue weighted by molar-refractivity contribution is 5.91. The van der Waals surface area contributed by atoms with Crippen LogP contribution in [0.15, 0.2) is 30.3 Å². The molecule has 1 heterocycles. The minimum absolute atomic E-state index is 0.107. The van der Waals surface area contributed by atoms with Crippen molar-refractivity contribution in [2.24, 2.45) is 0 Å². The van der Waals surface area contributed by atoms with Crippen LogP contribution in [0.25, 0.3) is 0 Å². The average molecular weight is 274 g/mol. The van der Waals surface area contributed by atoms with Crippen molar-refractivity contribution in [2.45, 2.75) is 19.8 Å². The van der Waals surface area contributed by atoms with Gasteiger partial charge in [-0.15, -0.1) is 0 Å². The molecule has 6 nitrogen and oxygen atoms in total. The number of aryl methyl sites for hydroxylation is 1. The fourth-order valence-electron chi connectivity index (χ4n) is 1.76. The summed E-state index contributed by atoms with van der Waals surface area (Å²) in [5, 5.41) is 9.54. The van der Waals surface area contributed by atoms with E-state index in [0.717, 1.165) is 18.5 Å². The molecule has 0 radical (unpaired) electrons. The van der Waals surface area contributed by atoms with Gasteiger partial charge in [0.25, 0.3) is 5.91 Å². The predicted octanol–water partition coefficient (Wildman–Crippen LogP) is 1.96. The van der Waals surface area contributed by atoms with Gasteiger partial charge in [0.15, 0.2) is 12.4 Å². The molecule has 0 unspecified atom stereocenters. The van der Waals surface area contributed by atoms with E-state index in [4.69, 9.17) is 10.5 Å². The van der Waals surface area contributed by atoms with Crippen LogP contribution in [0.3, 0.4) is 0 Å². The van der Waals surface area contributed by atoms with Gasteiger partial charge in [-0.05, 0) is 18.6 Å². The first-order valence-corrected chi connectivity index (χ1v) is 6.50. The lowest BCUT2D eigenvalue weighted by atomic mass is 10.2. The molecule has 0 fully saturated rings. The van der Waals surface area contributed by atoms with Crippen molar-refractivity contribution < 1.29 is 9.53 Å². The molecule has 0 saturated heterocycles. The molecule has 1 aromatic heterocycles. The van der Waals surface area contributed by atoms with Crippen molar-refractivity contribution in [3.05, 3.63) is 36.0 Å². The van der Waals surface area contributed by atoms with Crippen LogP contribution in [0.4, 0.5) is 11.5 Å². The lowest BCUT2D eigenvalue weighted by Crippen LogP contribution is -2.20. The van der Waals surface area contributed by atoms with Gasteiger partial charge in [0, 0.05) is 11.8 Å². The lowest BCUT2D eigenvalue weighted by molar-refractivity contribution is -0.118. The number of nitrogens with two attached hydrogens (primary N) is 1. The fraction of sp³-hybridized carbons (Fsp3) is 0.286. The van der Waals surface area contributed by atoms with Gasteiger partial charge < -0.3 is 15.8 Å². The van der Waals surface area contributed by atoms with Crippen molar-refractivity contribution in [3.63, 3.8) is 0 Å². The minimum Gasteiger partial charge on any atom is -0.482 e. The van der Waals surface area contributed by atoms with Gasteiger partial charge in [0.05, 0.1) is 5.69 Å². The maximum Gasteiger partial charge on any atom is 0.263 e. The van der Waals surface area contributed by atoms with Crippen LogP contribution in [-0.4, -0.2) is 22.7 Å². The number of hydrogen-bond donors (Lipinski definition) is 3. The molecule has 1 amide bonds. The molecule has 4 N–H and O–H groups in total. The van der Waals surface area contributed by atoms with Crippen molar-refractivity contribution >= 4 is 17.4 Å². The van der Waals surface area contributed by atoms with E-state index in [1.807, 2.05) is 6.07 Å². The fourth-order valence-corrected chi connectivity index (χ4v) is 1.76. The summed E-state index contributed by atoms with van der Waals surface area (Å²) in [7, 11) is 0. The normalized spacial score (nSPS) is 10.2. The zero-order valence-corrected chi connectivity index (χ0v) is 11.3. The quantitative estimate of drug-likeness (QED) is 0.702. The lowest BCUT2D eigenvalue weighted by Gasteiger charge is -2.07. The number of aromatic nitrogens is 2. The van der Waals surface area contributed by atoms with Gasteiger partial charge in [-0.25, -0.2) is 0 Å². The Hall–Kier alpha value is -2.50. The van der Waals surface area contributed by atoms with E-state index in [2.05, 4.69) is 22.4 Å². The minimum atomic E-state index is -0.275. The second-order valence-electron chi connectivity index (χ2n) is 4.40. The molecular weight excluding hydrogens is 256 g/mol. The molecule has 2 aromatic rings. The first kappa shape index (κ1) is 13.9. The molecule has 106 valence electrons. The Balaban J connectivity index is 1.84. The first-order valence-electron chi connectivity index (χ1n) is 6.50. The van der Waals surface area contributed by atoms with E-state index in [1.165, 1.54) is 0 Å². The van der Waals surface area contributed by atoms with Crippen molar-refractivity contribution in [1.29, 1.82) is 0 Å². The molecule has 1 aromatic carbocycles. The Morgan fingerprint density at radius 2 is 2.25 bits per heavy atom. The van der Waals surface area contributed by atoms with Crippen LogP contribution in [0.5, 0.6) is 5.75 Å². The number of carbonyl (C=O) groups excluding carboxylic acids is 1. The molecule has 2 rings (SSSR count). The number of amides is 1. The number of H-pyrrole nitrogens is 1. The van der Waals surface area contributed by atoms with Crippen molar-refractivity contribution in [1.82, 2.24) is 10.2 Å². The summed E-state index contributed by atoms with van der Waals surface area (Å²) in [6, 6.07) is 8.86. The van der Waals surface area contributed by atoms with Crippen LogP contribution in [0.1, 0.15) is 19.0 Å². The molecule has 0 spiro atoms. The summed E-state index contributed by atoms with van der Waals surface area (Å²) in [6.07, 6.45) is 1.92. The second-order valence-corrected chi connectivity index (χ2v) is 4.40. The molecule has 0 aliphatic carbocycles. The van der Waals surface area contributed by atoms with Crippen LogP contribution in [0, 0.1) is 0 Å². The Labute approximate surface area is 117 Å². The number of carbonyl (C=O) groups is 1. The summed E-state index contributed by atoms with van der Waals surface area (Å²) in [6.45, 7) is 1.97. The van der Waals surface area contributed by atoms with Crippen LogP contribution in [-0.2, 0) is 11.2 Å². The van der Waals surface area contributed by atoms with Gasteiger partial charge in [0.1, 0.15) is 5.75 Å². The molecule has 0 atom stereocenters. The standard InChI is InChI=1S/C14H18N4O2/c1-2-5-10-8-13(18-17-10)16-14(19)9-20-12-7-4-3-6-11(12)15/h3-4,6-8H,2,5,9,15H2,1H3,(H2,16,17,18,19). The van der Waals surface area contributed by atoms with E-state index < -0.39 is 0 Å². The zero-order chi connectivity index (χ0) is 14.4. The maximum absolute atomic E-state index is 11.7. The number of benzene rings is 1. The number of anilines is 2. The summed E-state index contributed by atoms with van der Waals surface area (Å²) in [5.41, 5.74) is 7.22. The van der Waals surface area contributed by atoms with Gasteiger partial charge >= 0.3 is 0 Å². The number of nitrogens with one attached hydrogen (secondary N) is 2. The largest absolute Gasteiger partial charge is 0.482 e. The van der Waals surface area contributed by atoms with Crippen LogP contribution in [0.2, 0.25) is 0 Å². The number of aromatic amines is 1. The molecule has 0 saturated carbocycles. The molecule has 0 aliphatic heterocycles. The van der Waals surface area contributed by atoms with E-state index in [-0.39, 0.29) is 12.5 Å². The SMILES string of the molecule is CCCc1cc(NC(=O)COc2ccccc2N)n[nH]1. The number of rotatable bonds is 6. The highest BCUT2D eigenvalue weighted by Gasteiger charge is 2.07. The number of nitrogen functional groups attached to an aromatic ring is 1. The average Bonchev–Trinajstić information content (AvgIpc) is 2.85. The first-order chi connectivity index (χ1) is 9.69. The summed E-state index contributed by atoms with van der Waals surface area (Å²) in [4.78, 5) is 11.7.